The van der Waals surface area contributed by atoms with Crippen molar-refractivity contribution in [2.45, 2.75) is 13.0 Å². The van der Waals surface area contributed by atoms with Crippen molar-refractivity contribution in [1.29, 1.82) is 0 Å². The maximum absolute atomic E-state index is 6.03. The highest BCUT2D eigenvalue weighted by Gasteiger charge is 2.09. The Morgan fingerprint density at radius 1 is 1.19 bits per heavy atom. The number of hydrogen-bond acceptors (Lipinski definition) is 5. The Morgan fingerprint density at radius 2 is 1.95 bits per heavy atom. The van der Waals surface area contributed by atoms with E-state index in [1.807, 2.05) is 37.2 Å². The fourth-order valence-corrected chi connectivity index (χ4v) is 2.19. The van der Waals surface area contributed by atoms with Gasteiger partial charge in [-0.05, 0) is 53.3 Å². The lowest BCUT2D eigenvalue weighted by atomic mass is 10.3. The van der Waals surface area contributed by atoms with Crippen molar-refractivity contribution in [2.24, 2.45) is 0 Å². The first-order valence-corrected chi connectivity index (χ1v) is 7.15. The van der Waals surface area contributed by atoms with Crippen LogP contribution in [0.25, 0.3) is 11.0 Å². The molecule has 0 aliphatic heterocycles. The maximum atomic E-state index is 6.03. The van der Waals surface area contributed by atoms with Crippen LogP contribution in [0.2, 0.25) is 0 Å². The normalized spacial score (nSPS) is 11.7. The van der Waals surface area contributed by atoms with Crippen molar-refractivity contribution in [1.82, 2.24) is 19.4 Å². The molecule has 0 radical (unpaired) electrons. The van der Waals surface area contributed by atoms with Crippen molar-refractivity contribution < 1.29 is 4.74 Å². The van der Waals surface area contributed by atoms with Crippen molar-refractivity contribution >= 4 is 17.0 Å². The van der Waals surface area contributed by atoms with Crippen LogP contribution in [0.5, 0.6) is 5.75 Å². The fraction of sp³-hybridized carbons (Fsp3) is 0.533. The van der Waals surface area contributed by atoms with E-state index in [0.717, 1.165) is 36.3 Å². The maximum Gasteiger partial charge on any atom is 0.201 e. The Bertz CT molecular complexity index is 591. The molecule has 116 valence electrons. The summed E-state index contributed by atoms with van der Waals surface area (Å²) in [5.41, 5.74) is 7.97. The minimum absolute atomic E-state index is 0.551. The van der Waals surface area contributed by atoms with Gasteiger partial charge in [0.1, 0.15) is 12.5 Å². The van der Waals surface area contributed by atoms with E-state index in [1.165, 1.54) is 0 Å². The van der Waals surface area contributed by atoms with Crippen LogP contribution in [0.3, 0.4) is 0 Å². The van der Waals surface area contributed by atoms with E-state index in [9.17, 15) is 0 Å². The molecule has 1 aromatic carbocycles. The van der Waals surface area contributed by atoms with Crippen LogP contribution >= 0.6 is 0 Å². The molecule has 1 aromatic heterocycles. The predicted octanol–water partition coefficient (Wildman–Crippen LogP) is 1.47. The summed E-state index contributed by atoms with van der Waals surface area (Å²) in [5.74, 6) is 1.40. The minimum atomic E-state index is 0.551. The number of aryl methyl sites for hydroxylation is 1. The predicted molar refractivity (Wildman–Crippen MR) is 86.5 cm³/mol. The number of hydrogen-bond donors (Lipinski definition) is 1. The number of imidazole rings is 1. The Kier molecular flexibility index (Phi) is 5.03. The van der Waals surface area contributed by atoms with Gasteiger partial charge in [-0.15, -0.1) is 0 Å². The molecule has 0 saturated carbocycles. The van der Waals surface area contributed by atoms with Crippen LogP contribution in [-0.4, -0.2) is 60.8 Å². The summed E-state index contributed by atoms with van der Waals surface area (Å²) in [7, 11) is 8.09. The lowest BCUT2D eigenvalue weighted by Crippen LogP contribution is -2.18. The largest absolute Gasteiger partial charge is 0.478 e. The summed E-state index contributed by atoms with van der Waals surface area (Å²) in [6.07, 6.45) is 1.03. The van der Waals surface area contributed by atoms with Gasteiger partial charge in [-0.1, -0.05) is 0 Å². The van der Waals surface area contributed by atoms with Crippen LogP contribution in [0, 0.1) is 0 Å². The van der Waals surface area contributed by atoms with Crippen LogP contribution in [0.4, 0.5) is 5.95 Å². The van der Waals surface area contributed by atoms with Gasteiger partial charge in [0.25, 0.3) is 0 Å². The molecule has 2 rings (SSSR count). The van der Waals surface area contributed by atoms with Crippen LogP contribution in [-0.2, 0) is 6.54 Å². The first-order valence-electron chi connectivity index (χ1n) is 7.15. The molecule has 1 heterocycles. The number of fused-ring (bicyclic) bond motifs is 1. The van der Waals surface area contributed by atoms with Crippen LogP contribution in [0.15, 0.2) is 18.2 Å². The average molecular weight is 291 g/mol. The van der Waals surface area contributed by atoms with Gasteiger partial charge in [-0.3, -0.25) is 4.90 Å². The van der Waals surface area contributed by atoms with Crippen molar-refractivity contribution in [2.75, 3.05) is 47.2 Å². The number of anilines is 1. The van der Waals surface area contributed by atoms with Gasteiger partial charge in [0, 0.05) is 12.6 Å². The van der Waals surface area contributed by atoms with Crippen molar-refractivity contribution in [3.63, 3.8) is 0 Å². The van der Waals surface area contributed by atoms with Gasteiger partial charge in [-0.2, -0.15) is 0 Å². The van der Waals surface area contributed by atoms with E-state index in [4.69, 9.17) is 10.5 Å². The third kappa shape index (κ3) is 4.09. The van der Waals surface area contributed by atoms with E-state index in [0.29, 0.717) is 12.7 Å². The SMILES string of the molecule is CN(C)CCCn1c(N)nc2ccc(OCN(C)C)cc21. The smallest absolute Gasteiger partial charge is 0.201 e. The van der Waals surface area contributed by atoms with E-state index in [-0.39, 0.29) is 0 Å². The molecular formula is C15H25N5O. The number of nitrogens with two attached hydrogens (primary N) is 1. The second-order valence-corrected chi connectivity index (χ2v) is 5.78. The van der Waals surface area contributed by atoms with Crippen LogP contribution < -0.4 is 10.5 Å². The Labute approximate surface area is 126 Å². The minimum Gasteiger partial charge on any atom is -0.478 e. The fourth-order valence-electron chi connectivity index (χ4n) is 2.19. The first kappa shape index (κ1) is 15.6. The van der Waals surface area contributed by atoms with Gasteiger partial charge in [-0.25, -0.2) is 4.98 Å². The number of ether oxygens (including phenoxy) is 1. The molecular weight excluding hydrogens is 266 g/mol. The quantitative estimate of drug-likeness (QED) is 0.783. The Morgan fingerprint density at radius 3 is 2.62 bits per heavy atom. The number of nitrogens with zero attached hydrogens (tertiary/aromatic N) is 4. The Hall–Kier alpha value is -1.79. The third-order valence-corrected chi connectivity index (χ3v) is 3.23. The molecule has 0 aliphatic carbocycles. The van der Waals surface area contributed by atoms with E-state index < -0.39 is 0 Å². The molecule has 0 bridgehead atoms. The molecule has 6 heteroatoms. The van der Waals surface area contributed by atoms with Crippen LogP contribution in [0.1, 0.15) is 6.42 Å². The molecule has 2 aromatic rings. The van der Waals surface area contributed by atoms with Crippen molar-refractivity contribution in [3.05, 3.63) is 18.2 Å². The first-order chi connectivity index (χ1) is 9.97. The van der Waals surface area contributed by atoms with E-state index in [1.54, 1.807) is 0 Å². The van der Waals surface area contributed by atoms with Gasteiger partial charge in [0.2, 0.25) is 5.95 Å². The molecule has 2 N–H and O–H groups in total. The zero-order valence-electron chi connectivity index (χ0n) is 13.3. The Balaban J connectivity index is 2.18. The average Bonchev–Trinajstić information content (AvgIpc) is 2.72. The zero-order chi connectivity index (χ0) is 15.4. The van der Waals surface area contributed by atoms with Gasteiger partial charge in [0.05, 0.1) is 11.0 Å². The molecule has 0 saturated heterocycles. The monoisotopic (exact) mass is 291 g/mol. The highest BCUT2D eigenvalue weighted by Crippen LogP contribution is 2.23. The molecule has 0 fully saturated rings. The van der Waals surface area contributed by atoms with Crippen molar-refractivity contribution in [3.8, 4) is 5.75 Å². The third-order valence-electron chi connectivity index (χ3n) is 3.23. The summed E-state index contributed by atoms with van der Waals surface area (Å²) in [6, 6.07) is 5.90. The number of rotatable bonds is 7. The topological polar surface area (TPSA) is 59.6 Å². The summed E-state index contributed by atoms with van der Waals surface area (Å²) in [6.45, 7) is 2.43. The lowest BCUT2D eigenvalue weighted by Gasteiger charge is -2.13. The molecule has 0 aliphatic rings. The molecule has 21 heavy (non-hydrogen) atoms. The molecule has 6 nitrogen and oxygen atoms in total. The second kappa shape index (κ2) is 6.78. The number of aromatic nitrogens is 2. The highest BCUT2D eigenvalue weighted by atomic mass is 16.5. The van der Waals surface area contributed by atoms with E-state index >= 15 is 0 Å². The lowest BCUT2D eigenvalue weighted by molar-refractivity contribution is 0.179. The summed E-state index contributed by atoms with van der Waals surface area (Å²) >= 11 is 0. The standard InChI is InChI=1S/C15H25N5O/c1-18(2)8-5-9-20-14-10-12(21-11-19(3)4)6-7-13(14)17-15(20)16/h6-7,10H,5,8-9,11H2,1-4H3,(H2,16,17). The summed E-state index contributed by atoms with van der Waals surface area (Å²) in [4.78, 5) is 8.56. The number of nitrogen functional groups attached to an aromatic ring is 1. The molecule has 0 spiro atoms. The van der Waals surface area contributed by atoms with Gasteiger partial charge in [0.15, 0.2) is 0 Å². The molecule has 0 amide bonds. The summed E-state index contributed by atoms with van der Waals surface area (Å²) < 4.78 is 7.78. The number of benzene rings is 1. The second-order valence-electron chi connectivity index (χ2n) is 5.78. The molecule has 0 unspecified atom stereocenters. The van der Waals surface area contributed by atoms with Gasteiger partial charge < -0.3 is 19.9 Å². The molecule has 0 atom stereocenters. The zero-order valence-corrected chi connectivity index (χ0v) is 13.3. The van der Waals surface area contributed by atoms with E-state index in [2.05, 4.69) is 28.5 Å². The van der Waals surface area contributed by atoms with Gasteiger partial charge >= 0.3 is 0 Å². The highest BCUT2D eigenvalue weighted by molar-refractivity contribution is 5.79. The summed E-state index contributed by atoms with van der Waals surface area (Å²) in [5, 5.41) is 0.